The Bertz CT molecular complexity index is 1080. The number of aryl methyl sites for hydroxylation is 1. The number of fused-ring (bicyclic) bond motifs is 1. The number of hydrogen-bond donors (Lipinski definition) is 3. The second kappa shape index (κ2) is 6.92. The Morgan fingerprint density at radius 2 is 1.96 bits per heavy atom. The zero-order valence-electron chi connectivity index (χ0n) is 15.1. The van der Waals surface area contributed by atoms with Crippen molar-refractivity contribution < 1.29 is 22.7 Å². The molecule has 8 nitrogen and oxygen atoms in total. The lowest BCUT2D eigenvalue weighted by atomic mass is 10.1. The van der Waals surface area contributed by atoms with Crippen LogP contribution in [0.4, 0.5) is 11.4 Å². The predicted octanol–water partition coefficient (Wildman–Crippen LogP) is 2.02. The second-order valence-electron chi connectivity index (χ2n) is 6.87. The third-order valence-electron chi connectivity index (χ3n) is 4.53. The van der Waals surface area contributed by atoms with E-state index in [1.165, 1.54) is 12.1 Å². The molecule has 0 radical (unpaired) electrons. The van der Waals surface area contributed by atoms with Crippen LogP contribution in [0.25, 0.3) is 0 Å². The monoisotopic (exact) mass is 401 g/mol. The average Bonchev–Trinajstić information content (AvgIpc) is 3.44. The topological polar surface area (TPSA) is 114 Å². The lowest BCUT2D eigenvalue weighted by Gasteiger charge is -2.18. The van der Waals surface area contributed by atoms with Crippen molar-refractivity contribution in [2.75, 3.05) is 17.2 Å². The number of carbonyl (C=O) groups is 2. The van der Waals surface area contributed by atoms with Crippen LogP contribution in [0.15, 0.2) is 41.3 Å². The van der Waals surface area contributed by atoms with Crippen LogP contribution in [0.1, 0.15) is 28.8 Å². The minimum atomic E-state index is -3.65. The molecule has 146 valence electrons. The summed E-state index contributed by atoms with van der Waals surface area (Å²) in [5, 5.41) is 5.41. The van der Waals surface area contributed by atoms with Crippen LogP contribution < -0.4 is 20.1 Å². The maximum atomic E-state index is 12.7. The van der Waals surface area contributed by atoms with Crippen molar-refractivity contribution in [3.05, 3.63) is 47.5 Å². The summed E-state index contributed by atoms with van der Waals surface area (Å²) >= 11 is 0. The van der Waals surface area contributed by atoms with Gasteiger partial charge >= 0.3 is 0 Å². The third kappa shape index (κ3) is 3.85. The fourth-order valence-corrected chi connectivity index (χ4v) is 4.19. The first-order valence-electron chi connectivity index (χ1n) is 8.83. The number of benzene rings is 2. The summed E-state index contributed by atoms with van der Waals surface area (Å²) in [4.78, 5) is 24.2. The maximum Gasteiger partial charge on any atom is 0.262 e. The zero-order chi connectivity index (χ0) is 19.9. The molecular weight excluding hydrogens is 382 g/mol. The van der Waals surface area contributed by atoms with Gasteiger partial charge in [-0.2, -0.15) is 0 Å². The van der Waals surface area contributed by atoms with E-state index in [1.807, 2.05) is 0 Å². The Kier molecular flexibility index (Phi) is 4.56. The summed E-state index contributed by atoms with van der Waals surface area (Å²) in [6.45, 7) is 1.69. The van der Waals surface area contributed by atoms with E-state index in [4.69, 9.17) is 4.74 Å². The second-order valence-corrected chi connectivity index (χ2v) is 8.59. The van der Waals surface area contributed by atoms with Gasteiger partial charge in [0.2, 0.25) is 10.0 Å². The predicted molar refractivity (Wildman–Crippen MR) is 103 cm³/mol. The van der Waals surface area contributed by atoms with E-state index in [0.717, 1.165) is 12.8 Å². The lowest BCUT2D eigenvalue weighted by Crippen LogP contribution is -2.26. The molecule has 1 heterocycles. The summed E-state index contributed by atoms with van der Waals surface area (Å²) in [5.74, 6) is -0.190. The third-order valence-corrected chi connectivity index (χ3v) is 6.05. The molecule has 1 fully saturated rings. The summed E-state index contributed by atoms with van der Waals surface area (Å²) in [5.41, 5.74) is 1.84. The largest absolute Gasteiger partial charge is 0.482 e. The van der Waals surface area contributed by atoms with Crippen LogP contribution in [-0.2, 0) is 14.8 Å². The summed E-state index contributed by atoms with van der Waals surface area (Å²) in [7, 11) is -3.65. The van der Waals surface area contributed by atoms with Crippen LogP contribution in [0, 0.1) is 6.92 Å². The highest BCUT2D eigenvalue weighted by molar-refractivity contribution is 7.89. The number of ether oxygens (including phenoxy) is 1. The highest BCUT2D eigenvalue weighted by atomic mass is 32.2. The van der Waals surface area contributed by atoms with Gasteiger partial charge in [0.1, 0.15) is 5.75 Å². The fraction of sp³-hybridized carbons (Fsp3) is 0.263. The van der Waals surface area contributed by atoms with Gasteiger partial charge in [-0.1, -0.05) is 6.07 Å². The van der Waals surface area contributed by atoms with E-state index in [-0.39, 0.29) is 29.0 Å². The Morgan fingerprint density at radius 1 is 1.18 bits per heavy atom. The Labute approximate surface area is 162 Å². The highest BCUT2D eigenvalue weighted by Gasteiger charge is 2.28. The van der Waals surface area contributed by atoms with E-state index in [2.05, 4.69) is 15.4 Å². The van der Waals surface area contributed by atoms with Crippen LogP contribution in [0.2, 0.25) is 0 Å². The molecule has 0 saturated heterocycles. The maximum absolute atomic E-state index is 12.7. The summed E-state index contributed by atoms with van der Waals surface area (Å²) in [6, 6.07) is 9.35. The molecule has 0 aromatic heterocycles. The Morgan fingerprint density at radius 3 is 2.71 bits per heavy atom. The number of rotatable bonds is 5. The van der Waals surface area contributed by atoms with Crippen molar-refractivity contribution in [2.24, 2.45) is 0 Å². The van der Waals surface area contributed by atoms with Crippen molar-refractivity contribution in [3.8, 4) is 5.75 Å². The molecule has 2 aromatic carbocycles. The van der Waals surface area contributed by atoms with Gasteiger partial charge < -0.3 is 15.4 Å². The first kappa shape index (κ1) is 18.5. The van der Waals surface area contributed by atoms with E-state index < -0.39 is 15.9 Å². The molecule has 0 bridgehead atoms. The number of sulfonamides is 1. The van der Waals surface area contributed by atoms with Crippen LogP contribution in [0.5, 0.6) is 5.75 Å². The Balaban J connectivity index is 1.57. The van der Waals surface area contributed by atoms with Gasteiger partial charge in [0.15, 0.2) is 6.61 Å². The molecule has 2 aliphatic rings. The molecule has 0 spiro atoms. The van der Waals surface area contributed by atoms with Crippen LogP contribution >= 0.6 is 0 Å². The van der Waals surface area contributed by atoms with Crippen molar-refractivity contribution in [3.63, 3.8) is 0 Å². The molecule has 1 aliphatic heterocycles. The normalized spacial score (nSPS) is 16.0. The molecule has 3 N–H and O–H groups in total. The van der Waals surface area contributed by atoms with E-state index in [1.54, 1.807) is 31.2 Å². The molecule has 2 aromatic rings. The highest BCUT2D eigenvalue weighted by Crippen LogP contribution is 2.31. The molecule has 4 rings (SSSR count). The molecule has 0 atom stereocenters. The van der Waals surface area contributed by atoms with Gasteiger partial charge in [-0.05, 0) is 55.7 Å². The number of amides is 2. The Hall–Kier alpha value is -2.91. The molecule has 9 heteroatoms. The van der Waals surface area contributed by atoms with Gasteiger partial charge in [-0.25, -0.2) is 13.1 Å². The van der Waals surface area contributed by atoms with Crippen LogP contribution in [-0.4, -0.2) is 32.9 Å². The number of nitrogens with one attached hydrogen (secondary N) is 3. The number of carbonyl (C=O) groups excluding carboxylic acids is 2. The average molecular weight is 401 g/mol. The molecule has 2 amide bonds. The SMILES string of the molecule is Cc1ccc(S(=O)(=O)NC2CC2)cc1C(=O)Nc1ccc2c(c1)NC(=O)CO2. The molecular formula is C19H19N3O5S. The standard InChI is InChI=1S/C19H19N3O5S/c1-11-2-6-14(28(25,26)22-12-3-4-12)9-15(11)19(24)20-13-5-7-17-16(8-13)21-18(23)10-27-17/h2,5-9,12,22H,3-4,10H2,1H3,(H,20,24)(H,21,23). The first-order valence-corrected chi connectivity index (χ1v) is 10.3. The van der Waals surface area contributed by atoms with Gasteiger partial charge in [0, 0.05) is 17.3 Å². The van der Waals surface area contributed by atoms with Crippen molar-refractivity contribution in [1.82, 2.24) is 4.72 Å². The van der Waals surface area contributed by atoms with Gasteiger partial charge in [0.05, 0.1) is 10.6 Å². The minimum Gasteiger partial charge on any atom is -0.482 e. The minimum absolute atomic E-state index is 0.0171. The van der Waals surface area contributed by atoms with Crippen molar-refractivity contribution >= 4 is 33.2 Å². The first-order chi connectivity index (χ1) is 13.3. The summed E-state index contributed by atoms with van der Waals surface area (Å²) in [6.07, 6.45) is 1.66. The molecule has 1 saturated carbocycles. The molecule has 28 heavy (non-hydrogen) atoms. The van der Waals surface area contributed by atoms with E-state index in [9.17, 15) is 18.0 Å². The lowest BCUT2D eigenvalue weighted by molar-refractivity contribution is -0.118. The zero-order valence-corrected chi connectivity index (χ0v) is 15.9. The molecule has 0 unspecified atom stereocenters. The quantitative estimate of drug-likeness (QED) is 0.709. The smallest absolute Gasteiger partial charge is 0.262 e. The fourth-order valence-electron chi connectivity index (χ4n) is 2.86. The van der Waals surface area contributed by atoms with Crippen LogP contribution in [0.3, 0.4) is 0 Å². The van der Waals surface area contributed by atoms with Gasteiger partial charge in [0.25, 0.3) is 11.8 Å². The van der Waals surface area contributed by atoms with Crippen molar-refractivity contribution in [2.45, 2.75) is 30.7 Å². The van der Waals surface area contributed by atoms with Gasteiger partial charge in [-0.15, -0.1) is 0 Å². The number of anilines is 2. The summed E-state index contributed by atoms with van der Waals surface area (Å²) < 4.78 is 32.7. The van der Waals surface area contributed by atoms with E-state index >= 15 is 0 Å². The van der Waals surface area contributed by atoms with E-state index in [0.29, 0.717) is 22.7 Å². The van der Waals surface area contributed by atoms with Crippen molar-refractivity contribution in [1.29, 1.82) is 0 Å². The molecule has 1 aliphatic carbocycles. The van der Waals surface area contributed by atoms with Gasteiger partial charge in [-0.3, -0.25) is 9.59 Å². The number of hydrogen-bond acceptors (Lipinski definition) is 5.